The van der Waals surface area contributed by atoms with Crippen molar-refractivity contribution in [3.8, 4) is 5.82 Å². The summed E-state index contributed by atoms with van der Waals surface area (Å²) in [5.41, 5.74) is 6.81. The molecular weight excluding hydrogens is 490 g/mol. The van der Waals surface area contributed by atoms with Gasteiger partial charge in [0.1, 0.15) is 5.82 Å². The Morgan fingerprint density at radius 3 is 2.25 bits per heavy atom. The van der Waals surface area contributed by atoms with Gasteiger partial charge in [0.25, 0.3) is 0 Å². The molecule has 0 bridgehead atoms. The van der Waals surface area contributed by atoms with Crippen LogP contribution in [0.2, 0.25) is 0 Å². The quantitative estimate of drug-likeness (QED) is 0.214. The topological polar surface area (TPSA) is 27.5 Å². The molecule has 0 N–H and O–H groups in total. The maximum absolute atomic E-state index is 4.77. The van der Waals surface area contributed by atoms with Gasteiger partial charge in [0.2, 0.25) is 0 Å². The first-order valence-electron chi connectivity index (χ1n) is 13.6. The Morgan fingerprint density at radius 1 is 0.625 bits per heavy atom. The fraction of sp³-hybridized carbons (Fsp3) is 0.0571. The second-order valence-electron chi connectivity index (χ2n) is 10.4. The number of benzene rings is 5. The number of anilines is 4. The number of nitrogens with zero attached hydrogens (tertiary/aromatic N) is 5. The molecule has 8 rings (SSSR count). The molecular formula is C35H27N5. The van der Waals surface area contributed by atoms with Crippen LogP contribution >= 0.6 is 0 Å². The molecule has 0 saturated carbocycles. The van der Waals surface area contributed by atoms with Gasteiger partial charge in [0, 0.05) is 59.2 Å². The SMILES string of the molecule is CN1C=CN(c2cccc(N(c3ccccc3)c3cc4ccc5cccc6c5c4c(c3)n6-c3ccccn3)c2)C1. The Labute approximate surface area is 232 Å². The van der Waals surface area contributed by atoms with Crippen LogP contribution in [0.1, 0.15) is 0 Å². The van der Waals surface area contributed by atoms with Crippen LogP contribution < -0.4 is 9.80 Å². The third kappa shape index (κ3) is 3.52. The van der Waals surface area contributed by atoms with Gasteiger partial charge in [-0.15, -0.1) is 0 Å². The van der Waals surface area contributed by atoms with E-state index in [0.717, 1.165) is 40.8 Å². The zero-order valence-corrected chi connectivity index (χ0v) is 22.1. The van der Waals surface area contributed by atoms with Crippen LogP contribution in [0.15, 0.2) is 134 Å². The number of pyridine rings is 1. The second kappa shape index (κ2) is 8.89. The van der Waals surface area contributed by atoms with Crippen molar-refractivity contribution in [3.05, 3.63) is 134 Å². The van der Waals surface area contributed by atoms with E-state index in [1.54, 1.807) is 0 Å². The van der Waals surface area contributed by atoms with Crippen molar-refractivity contribution >= 4 is 55.3 Å². The monoisotopic (exact) mass is 517 g/mol. The van der Waals surface area contributed by atoms with Gasteiger partial charge in [0.05, 0.1) is 17.7 Å². The minimum Gasteiger partial charge on any atom is -0.361 e. The van der Waals surface area contributed by atoms with Crippen molar-refractivity contribution in [3.63, 3.8) is 0 Å². The highest BCUT2D eigenvalue weighted by molar-refractivity contribution is 6.25. The predicted molar refractivity (Wildman–Crippen MR) is 166 cm³/mol. The van der Waals surface area contributed by atoms with Crippen LogP contribution in [0.5, 0.6) is 0 Å². The molecule has 0 atom stereocenters. The lowest BCUT2D eigenvalue weighted by molar-refractivity contribution is 0.496. The summed E-state index contributed by atoms with van der Waals surface area (Å²) in [5.74, 6) is 0.919. The predicted octanol–water partition coefficient (Wildman–Crippen LogP) is 8.42. The number of rotatable bonds is 5. The van der Waals surface area contributed by atoms with Crippen LogP contribution in [-0.2, 0) is 0 Å². The first-order valence-corrected chi connectivity index (χ1v) is 13.6. The van der Waals surface area contributed by atoms with Gasteiger partial charge in [-0.25, -0.2) is 4.98 Å². The van der Waals surface area contributed by atoms with Gasteiger partial charge < -0.3 is 14.7 Å². The van der Waals surface area contributed by atoms with Crippen LogP contribution in [0, 0.1) is 0 Å². The van der Waals surface area contributed by atoms with Crippen molar-refractivity contribution in [2.45, 2.75) is 0 Å². The van der Waals surface area contributed by atoms with E-state index >= 15 is 0 Å². The number of hydrogen-bond donors (Lipinski definition) is 0. The third-order valence-corrected chi connectivity index (χ3v) is 7.83. The molecule has 0 amide bonds. The van der Waals surface area contributed by atoms with Gasteiger partial charge in [-0.2, -0.15) is 0 Å². The fourth-order valence-corrected chi connectivity index (χ4v) is 6.07. The van der Waals surface area contributed by atoms with Gasteiger partial charge in [-0.3, -0.25) is 4.57 Å². The highest BCUT2D eigenvalue weighted by Crippen LogP contribution is 2.44. The minimum absolute atomic E-state index is 0.836. The van der Waals surface area contributed by atoms with Gasteiger partial charge in [-0.1, -0.05) is 54.6 Å². The smallest absolute Gasteiger partial charge is 0.137 e. The standard InChI is InChI=1S/C35H27N5/c1-37-19-20-38(24-37)28-12-8-13-29(22-28)39(27-10-3-2-4-11-27)30-21-26-17-16-25-9-7-14-31-34(25)35(26)32(23-30)40(31)33-15-5-6-18-36-33/h2-23H,24H2,1H3. The van der Waals surface area contributed by atoms with Crippen molar-refractivity contribution in [2.75, 3.05) is 23.5 Å². The highest BCUT2D eigenvalue weighted by atomic mass is 15.3. The third-order valence-electron chi connectivity index (χ3n) is 7.83. The van der Waals surface area contributed by atoms with Crippen LogP contribution in [0.4, 0.5) is 22.7 Å². The van der Waals surface area contributed by atoms with Crippen molar-refractivity contribution < 1.29 is 0 Å². The molecule has 0 fully saturated rings. The molecule has 0 unspecified atom stereocenters. The highest BCUT2D eigenvalue weighted by Gasteiger charge is 2.21. The summed E-state index contributed by atoms with van der Waals surface area (Å²) in [4.78, 5) is 11.6. The molecule has 7 aromatic rings. The average Bonchev–Trinajstić information content (AvgIpc) is 3.59. The molecule has 0 radical (unpaired) electrons. The number of hydrogen-bond acceptors (Lipinski definition) is 4. The molecule has 40 heavy (non-hydrogen) atoms. The minimum atomic E-state index is 0.836. The summed E-state index contributed by atoms with van der Waals surface area (Å²) in [6.07, 6.45) is 6.11. The largest absolute Gasteiger partial charge is 0.361 e. The first-order chi connectivity index (χ1) is 19.7. The van der Waals surface area contributed by atoms with E-state index in [9.17, 15) is 0 Å². The Bertz CT molecular complexity index is 2010. The summed E-state index contributed by atoms with van der Waals surface area (Å²) in [5, 5.41) is 5.01. The lowest BCUT2D eigenvalue weighted by Gasteiger charge is -2.27. The number of para-hydroxylation sites is 1. The van der Waals surface area contributed by atoms with E-state index in [0.29, 0.717) is 0 Å². The normalized spacial score (nSPS) is 13.3. The Hall–Kier alpha value is -5.29. The van der Waals surface area contributed by atoms with Gasteiger partial charge in [0.15, 0.2) is 0 Å². The number of aromatic nitrogens is 2. The Morgan fingerprint density at radius 2 is 1.43 bits per heavy atom. The molecule has 1 aliphatic rings. The van der Waals surface area contributed by atoms with Crippen molar-refractivity contribution in [2.24, 2.45) is 0 Å². The summed E-state index contributed by atoms with van der Waals surface area (Å²) in [7, 11) is 2.09. The van der Waals surface area contributed by atoms with Gasteiger partial charge >= 0.3 is 0 Å². The summed E-state index contributed by atoms with van der Waals surface area (Å²) >= 11 is 0. The molecule has 3 heterocycles. The molecule has 5 heteroatoms. The zero-order valence-electron chi connectivity index (χ0n) is 22.1. The molecule has 2 aromatic heterocycles. The van der Waals surface area contributed by atoms with Gasteiger partial charge in [-0.05, 0) is 71.4 Å². The lowest BCUT2D eigenvalue weighted by atomic mass is 10.0. The van der Waals surface area contributed by atoms with Crippen LogP contribution in [-0.4, -0.2) is 28.2 Å². The molecule has 1 aliphatic heterocycles. The fourth-order valence-electron chi connectivity index (χ4n) is 6.07. The first kappa shape index (κ1) is 22.7. The molecule has 5 nitrogen and oxygen atoms in total. The van der Waals surface area contributed by atoms with E-state index in [-0.39, 0.29) is 0 Å². The maximum Gasteiger partial charge on any atom is 0.137 e. The molecule has 0 aliphatic carbocycles. The molecule has 0 spiro atoms. The molecule has 0 saturated heterocycles. The zero-order chi connectivity index (χ0) is 26.6. The van der Waals surface area contributed by atoms with Crippen molar-refractivity contribution in [1.82, 2.24) is 14.5 Å². The van der Waals surface area contributed by atoms with Crippen molar-refractivity contribution in [1.29, 1.82) is 0 Å². The van der Waals surface area contributed by atoms with Crippen LogP contribution in [0.25, 0.3) is 38.4 Å². The average molecular weight is 518 g/mol. The maximum atomic E-state index is 4.77. The summed E-state index contributed by atoms with van der Waals surface area (Å²) in [6.45, 7) is 0.836. The summed E-state index contributed by atoms with van der Waals surface area (Å²) < 4.78 is 2.30. The summed E-state index contributed by atoms with van der Waals surface area (Å²) in [6, 6.07) is 41.2. The molecule has 5 aromatic carbocycles. The lowest BCUT2D eigenvalue weighted by Crippen LogP contribution is -2.21. The Kier molecular flexibility index (Phi) is 5.04. The molecule has 192 valence electrons. The van der Waals surface area contributed by atoms with E-state index < -0.39 is 0 Å². The second-order valence-corrected chi connectivity index (χ2v) is 10.4. The Balaban J connectivity index is 1.40. The van der Waals surface area contributed by atoms with E-state index in [1.165, 1.54) is 27.1 Å². The van der Waals surface area contributed by atoms with Crippen LogP contribution in [0.3, 0.4) is 0 Å². The van der Waals surface area contributed by atoms with E-state index in [4.69, 9.17) is 4.98 Å². The van der Waals surface area contributed by atoms with E-state index in [2.05, 4.69) is 148 Å². The van der Waals surface area contributed by atoms with E-state index in [1.807, 2.05) is 12.3 Å².